The van der Waals surface area contributed by atoms with Gasteiger partial charge in [-0.25, -0.2) is 15.0 Å². The van der Waals surface area contributed by atoms with E-state index in [1.54, 1.807) is 25.5 Å². The van der Waals surface area contributed by atoms with Crippen molar-refractivity contribution in [2.75, 3.05) is 39.0 Å². The average Bonchev–Trinajstić information content (AvgIpc) is 3.08. The molecule has 0 aliphatic carbocycles. The van der Waals surface area contributed by atoms with Crippen LogP contribution in [0.5, 0.6) is 0 Å². The normalized spacial score (nSPS) is 18.9. The zero-order valence-corrected chi connectivity index (χ0v) is 13.6. The van der Waals surface area contributed by atoms with Crippen LogP contribution in [0.1, 0.15) is 28.0 Å². The van der Waals surface area contributed by atoms with E-state index in [0.717, 1.165) is 18.1 Å². The van der Waals surface area contributed by atoms with Gasteiger partial charge >= 0.3 is 0 Å². The Labute approximate surface area is 135 Å². The first-order valence-corrected chi connectivity index (χ1v) is 7.60. The molecule has 8 nitrogen and oxygen atoms in total. The number of aryl methyl sites for hydroxylation is 1. The highest BCUT2D eigenvalue weighted by Gasteiger charge is 2.31. The topological polar surface area (TPSA) is 90.0 Å². The molecule has 23 heavy (non-hydrogen) atoms. The molecule has 0 saturated carbocycles. The van der Waals surface area contributed by atoms with Gasteiger partial charge in [-0.3, -0.25) is 9.69 Å². The minimum atomic E-state index is -0.0725. The highest BCUT2D eigenvalue weighted by Crippen LogP contribution is 2.22. The molecule has 3 heterocycles. The summed E-state index contributed by atoms with van der Waals surface area (Å²) in [5, 5.41) is 2.89. The molecule has 8 heteroatoms. The van der Waals surface area contributed by atoms with Crippen LogP contribution in [0.3, 0.4) is 0 Å². The Hall–Kier alpha value is -2.48. The summed E-state index contributed by atoms with van der Waals surface area (Å²) in [4.78, 5) is 32.8. The second kappa shape index (κ2) is 6.33. The number of carbonyl (C=O) groups excluding carboxylic acids is 1. The van der Waals surface area contributed by atoms with E-state index >= 15 is 0 Å². The Morgan fingerprint density at radius 3 is 2.91 bits per heavy atom. The van der Waals surface area contributed by atoms with E-state index in [4.69, 9.17) is 0 Å². The standard InChI is InChI=1S/C15H21N7O/c1-10-8-11(20-15(16-2)19-10)14(23)22-7-6-21(3)12(9-22)13-17-4-5-18-13/h4-5,8,12H,6-7,9H2,1-3H3,(H,17,18)(H,16,19,20). The number of rotatable bonds is 3. The van der Waals surface area contributed by atoms with Gasteiger partial charge in [-0.05, 0) is 20.0 Å². The summed E-state index contributed by atoms with van der Waals surface area (Å²) in [5.41, 5.74) is 1.19. The van der Waals surface area contributed by atoms with Crippen molar-refractivity contribution >= 4 is 11.9 Å². The van der Waals surface area contributed by atoms with Crippen molar-refractivity contribution in [1.29, 1.82) is 0 Å². The molecule has 2 aromatic heterocycles. The summed E-state index contributed by atoms with van der Waals surface area (Å²) in [6, 6.07) is 1.79. The molecule has 0 aromatic carbocycles. The third kappa shape index (κ3) is 3.16. The predicted octanol–water partition coefficient (Wildman–Crippen LogP) is 0.679. The minimum Gasteiger partial charge on any atom is -0.357 e. The second-order valence-corrected chi connectivity index (χ2v) is 5.69. The zero-order valence-electron chi connectivity index (χ0n) is 13.6. The molecule has 3 rings (SSSR count). The minimum absolute atomic E-state index is 0.0643. The van der Waals surface area contributed by atoms with Crippen molar-refractivity contribution in [3.05, 3.63) is 35.7 Å². The third-order valence-electron chi connectivity index (χ3n) is 4.07. The monoisotopic (exact) mass is 315 g/mol. The number of amides is 1. The summed E-state index contributed by atoms with van der Waals surface area (Å²) in [7, 11) is 3.79. The fourth-order valence-electron chi connectivity index (χ4n) is 2.77. The smallest absolute Gasteiger partial charge is 0.272 e. The van der Waals surface area contributed by atoms with Gasteiger partial charge in [-0.2, -0.15) is 0 Å². The van der Waals surface area contributed by atoms with Crippen LogP contribution in [0.2, 0.25) is 0 Å². The number of likely N-dealkylation sites (N-methyl/N-ethyl adjacent to an activating group) is 1. The molecule has 1 amide bonds. The van der Waals surface area contributed by atoms with Gasteiger partial charge in [0, 0.05) is 44.8 Å². The predicted molar refractivity (Wildman–Crippen MR) is 86.2 cm³/mol. The summed E-state index contributed by atoms with van der Waals surface area (Å²) >= 11 is 0. The second-order valence-electron chi connectivity index (χ2n) is 5.69. The lowest BCUT2D eigenvalue weighted by molar-refractivity contribution is 0.0529. The first-order valence-electron chi connectivity index (χ1n) is 7.60. The Kier molecular flexibility index (Phi) is 4.24. The largest absolute Gasteiger partial charge is 0.357 e. The molecule has 0 bridgehead atoms. The molecule has 0 radical (unpaired) electrons. The quantitative estimate of drug-likeness (QED) is 0.865. The lowest BCUT2D eigenvalue weighted by Gasteiger charge is -2.38. The van der Waals surface area contributed by atoms with Crippen LogP contribution in [0.15, 0.2) is 18.5 Å². The number of aromatic nitrogens is 4. The van der Waals surface area contributed by atoms with E-state index in [-0.39, 0.29) is 11.9 Å². The van der Waals surface area contributed by atoms with E-state index in [9.17, 15) is 4.79 Å². The Balaban J connectivity index is 1.81. The summed E-state index contributed by atoms with van der Waals surface area (Å²) in [6.07, 6.45) is 3.54. The number of anilines is 1. The molecule has 0 spiro atoms. The molecule has 1 atom stereocenters. The molecular weight excluding hydrogens is 294 g/mol. The molecular formula is C15H21N7O. The zero-order chi connectivity index (χ0) is 16.4. The third-order valence-corrected chi connectivity index (χ3v) is 4.07. The van der Waals surface area contributed by atoms with Gasteiger partial charge in [0.1, 0.15) is 11.5 Å². The maximum atomic E-state index is 12.8. The molecule has 1 saturated heterocycles. The Bertz CT molecular complexity index is 685. The molecule has 1 aliphatic rings. The number of nitrogens with zero attached hydrogens (tertiary/aromatic N) is 5. The molecule has 1 unspecified atom stereocenters. The molecule has 1 aliphatic heterocycles. The highest BCUT2D eigenvalue weighted by atomic mass is 16.2. The molecule has 122 valence electrons. The number of hydrogen-bond donors (Lipinski definition) is 2. The van der Waals surface area contributed by atoms with Crippen LogP contribution >= 0.6 is 0 Å². The van der Waals surface area contributed by atoms with Gasteiger partial charge in [0.05, 0.1) is 6.04 Å². The van der Waals surface area contributed by atoms with Crippen LogP contribution in [0, 0.1) is 6.92 Å². The number of hydrogen-bond acceptors (Lipinski definition) is 6. The number of piperazine rings is 1. The van der Waals surface area contributed by atoms with Gasteiger partial charge in [0.2, 0.25) is 5.95 Å². The van der Waals surface area contributed by atoms with E-state index in [1.807, 2.05) is 18.9 Å². The van der Waals surface area contributed by atoms with Crippen LogP contribution in [0.25, 0.3) is 0 Å². The van der Waals surface area contributed by atoms with Crippen molar-refractivity contribution in [1.82, 2.24) is 29.7 Å². The van der Waals surface area contributed by atoms with E-state index < -0.39 is 0 Å². The molecule has 2 aromatic rings. The van der Waals surface area contributed by atoms with Crippen LogP contribution in [0.4, 0.5) is 5.95 Å². The summed E-state index contributed by atoms with van der Waals surface area (Å²) in [5.74, 6) is 1.27. The van der Waals surface area contributed by atoms with E-state index in [0.29, 0.717) is 24.7 Å². The number of imidazole rings is 1. The Morgan fingerprint density at radius 2 is 2.22 bits per heavy atom. The van der Waals surface area contributed by atoms with Crippen molar-refractivity contribution in [3.63, 3.8) is 0 Å². The number of nitrogens with one attached hydrogen (secondary N) is 2. The number of H-pyrrole nitrogens is 1. The highest BCUT2D eigenvalue weighted by molar-refractivity contribution is 5.92. The van der Waals surface area contributed by atoms with Crippen LogP contribution in [-0.2, 0) is 0 Å². The average molecular weight is 315 g/mol. The van der Waals surface area contributed by atoms with Crippen molar-refractivity contribution in [3.8, 4) is 0 Å². The van der Waals surface area contributed by atoms with Crippen molar-refractivity contribution in [2.24, 2.45) is 0 Å². The first-order chi connectivity index (χ1) is 11.1. The number of aromatic amines is 1. The lowest BCUT2D eigenvalue weighted by atomic mass is 10.1. The fourth-order valence-corrected chi connectivity index (χ4v) is 2.77. The van der Waals surface area contributed by atoms with Crippen molar-refractivity contribution in [2.45, 2.75) is 13.0 Å². The summed E-state index contributed by atoms with van der Waals surface area (Å²) < 4.78 is 0. The van der Waals surface area contributed by atoms with Gasteiger partial charge in [-0.15, -0.1) is 0 Å². The van der Waals surface area contributed by atoms with Gasteiger partial charge in [0.15, 0.2) is 0 Å². The van der Waals surface area contributed by atoms with Gasteiger partial charge in [0.25, 0.3) is 5.91 Å². The van der Waals surface area contributed by atoms with Gasteiger partial charge < -0.3 is 15.2 Å². The van der Waals surface area contributed by atoms with Gasteiger partial charge in [-0.1, -0.05) is 0 Å². The maximum absolute atomic E-state index is 12.8. The maximum Gasteiger partial charge on any atom is 0.272 e. The lowest BCUT2D eigenvalue weighted by Crippen LogP contribution is -2.49. The van der Waals surface area contributed by atoms with Crippen molar-refractivity contribution < 1.29 is 4.79 Å². The van der Waals surface area contributed by atoms with Crippen LogP contribution < -0.4 is 5.32 Å². The first kappa shape index (κ1) is 15.4. The Morgan fingerprint density at radius 1 is 1.39 bits per heavy atom. The SMILES string of the molecule is CNc1nc(C)cc(C(=O)N2CCN(C)C(c3ncc[nH]3)C2)n1. The van der Waals surface area contributed by atoms with Crippen LogP contribution in [-0.4, -0.2) is 69.4 Å². The van der Waals surface area contributed by atoms with E-state index in [2.05, 4.69) is 30.2 Å². The molecule has 2 N–H and O–H groups in total. The molecule has 1 fully saturated rings. The summed E-state index contributed by atoms with van der Waals surface area (Å²) in [6.45, 7) is 3.90. The number of carbonyl (C=O) groups is 1. The fraction of sp³-hybridized carbons (Fsp3) is 0.467. The van der Waals surface area contributed by atoms with E-state index in [1.165, 1.54) is 0 Å².